The van der Waals surface area contributed by atoms with E-state index in [4.69, 9.17) is 5.73 Å². The summed E-state index contributed by atoms with van der Waals surface area (Å²) in [6.07, 6.45) is 3.74. The molecule has 3 rings (SSSR count). The maximum atomic E-state index is 6.11. The number of fused-ring (bicyclic) bond motifs is 1. The van der Waals surface area contributed by atoms with E-state index in [1.807, 2.05) is 53.9 Å². The molecule has 0 spiro atoms. The van der Waals surface area contributed by atoms with Crippen LogP contribution in [0, 0.1) is 0 Å². The van der Waals surface area contributed by atoms with Gasteiger partial charge in [-0.25, -0.2) is 0 Å². The average Bonchev–Trinajstić information content (AvgIpc) is 2.88. The van der Waals surface area contributed by atoms with E-state index in [0.29, 0.717) is 0 Å². The zero-order chi connectivity index (χ0) is 13.9. The number of rotatable bonds is 4. The zero-order valence-electron chi connectivity index (χ0n) is 11.0. The third kappa shape index (κ3) is 2.52. The van der Waals surface area contributed by atoms with E-state index < -0.39 is 0 Å². The molecule has 3 aromatic rings. The summed E-state index contributed by atoms with van der Waals surface area (Å²) < 4.78 is 1.96. The molecule has 20 heavy (non-hydrogen) atoms. The van der Waals surface area contributed by atoms with Crippen LogP contribution in [0.15, 0.2) is 53.9 Å². The third-order valence-corrected chi connectivity index (χ3v) is 4.39. The Hall–Kier alpha value is -1.92. The first-order chi connectivity index (χ1) is 9.75. The van der Waals surface area contributed by atoms with Crippen molar-refractivity contribution in [2.24, 2.45) is 5.73 Å². The number of hydrogen-bond acceptors (Lipinski definition) is 5. The van der Waals surface area contributed by atoms with E-state index in [9.17, 15) is 0 Å². The van der Waals surface area contributed by atoms with Crippen LogP contribution in [-0.2, 0) is 0 Å². The lowest BCUT2D eigenvalue weighted by Gasteiger charge is -2.18. The molecule has 3 heterocycles. The molecule has 2 N–H and O–H groups in total. The summed E-state index contributed by atoms with van der Waals surface area (Å²) in [5.41, 5.74) is 7.90. The highest BCUT2D eigenvalue weighted by molar-refractivity contribution is 7.99. The molecule has 0 aliphatic rings. The van der Waals surface area contributed by atoms with E-state index in [2.05, 4.69) is 15.2 Å². The fourth-order valence-corrected chi connectivity index (χ4v) is 3.05. The molecule has 0 amide bonds. The van der Waals surface area contributed by atoms with Gasteiger partial charge in [0, 0.05) is 18.4 Å². The molecule has 0 bridgehead atoms. The van der Waals surface area contributed by atoms with Gasteiger partial charge in [0.25, 0.3) is 0 Å². The van der Waals surface area contributed by atoms with Crippen LogP contribution in [0.2, 0.25) is 0 Å². The maximum Gasteiger partial charge on any atom is 0.196 e. The Kier molecular flexibility index (Phi) is 3.66. The Labute approximate surface area is 121 Å². The molecule has 0 radical (unpaired) electrons. The molecule has 6 heteroatoms. The Balaban J connectivity index is 1.95. The fraction of sp³-hybridized carbons (Fsp3) is 0.214. The van der Waals surface area contributed by atoms with Crippen LogP contribution in [0.25, 0.3) is 5.65 Å². The average molecular weight is 285 g/mol. The molecule has 0 saturated carbocycles. The second-order valence-corrected chi connectivity index (χ2v) is 5.67. The van der Waals surface area contributed by atoms with Crippen molar-refractivity contribution in [2.45, 2.75) is 23.4 Å². The Bertz CT molecular complexity index is 695. The lowest BCUT2D eigenvalue weighted by atomic mass is 10.2. The monoisotopic (exact) mass is 285 g/mol. The van der Waals surface area contributed by atoms with Crippen LogP contribution < -0.4 is 5.73 Å². The van der Waals surface area contributed by atoms with Gasteiger partial charge >= 0.3 is 0 Å². The van der Waals surface area contributed by atoms with Gasteiger partial charge in [-0.15, -0.1) is 10.2 Å². The molecule has 2 unspecified atom stereocenters. The second-order valence-electron chi connectivity index (χ2n) is 4.56. The van der Waals surface area contributed by atoms with Crippen molar-refractivity contribution < 1.29 is 0 Å². The van der Waals surface area contributed by atoms with E-state index >= 15 is 0 Å². The van der Waals surface area contributed by atoms with Crippen LogP contribution in [0.1, 0.15) is 17.9 Å². The second kappa shape index (κ2) is 5.60. The number of pyridine rings is 2. The topological polar surface area (TPSA) is 69.1 Å². The minimum atomic E-state index is -0.0361. The summed E-state index contributed by atoms with van der Waals surface area (Å²) in [6, 6.07) is 11.7. The number of hydrogen-bond donors (Lipinski definition) is 1. The molecule has 2 atom stereocenters. The molecule has 0 aromatic carbocycles. The summed E-state index contributed by atoms with van der Waals surface area (Å²) in [5, 5.41) is 9.26. The highest BCUT2D eigenvalue weighted by atomic mass is 32.2. The van der Waals surface area contributed by atoms with Gasteiger partial charge in [0.1, 0.15) is 0 Å². The third-order valence-electron chi connectivity index (χ3n) is 2.97. The van der Waals surface area contributed by atoms with Gasteiger partial charge in [0.05, 0.1) is 10.9 Å². The lowest BCUT2D eigenvalue weighted by molar-refractivity contribution is 0.701. The number of thioether (sulfide) groups is 1. The largest absolute Gasteiger partial charge is 0.327 e. The quantitative estimate of drug-likeness (QED) is 0.745. The molecule has 0 aliphatic heterocycles. The highest BCUT2D eigenvalue weighted by Gasteiger charge is 2.21. The van der Waals surface area contributed by atoms with Crippen molar-refractivity contribution in [1.29, 1.82) is 0 Å². The van der Waals surface area contributed by atoms with Crippen molar-refractivity contribution in [1.82, 2.24) is 19.6 Å². The zero-order valence-corrected chi connectivity index (χ0v) is 11.9. The predicted molar refractivity (Wildman–Crippen MR) is 79.5 cm³/mol. The highest BCUT2D eigenvalue weighted by Crippen LogP contribution is 2.35. The van der Waals surface area contributed by atoms with Gasteiger partial charge in [0.15, 0.2) is 10.8 Å². The van der Waals surface area contributed by atoms with Gasteiger partial charge < -0.3 is 5.73 Å². The van der Waals surface area contributed by atoms with E-state index in [1.54, 1.807) is 18.0 Å². The van der Waals surface area contributed by atoms with Crippen molar-refractivity contribution in [3.8, 4) is 0 Å². The summed E-state index contributed by atoms with van der Waals surface area (Å²) in [7, 11) is 0. The summed E-state index contributed by atoms with van der Waals surface area (Å²) in [5.74, 6) is 0. The summed E-state index contributed by atoms with van der Waals surface area (Å²) in [4.78, 5) is 4.40. The standard InChI is InChI=1S/C14H15N5S/c1-10(15)13(11-6-2-4-8-16-11)20-14-18-17-12-7-3-5-9-19(12)14/h2-10,13H,15H2,1H3. The molecule has 5 nitrogen and oxygen atoms in total. The Morgan fingerprint density at radius 1 is 1.15 bits per heavy atom. The maximum absolute atomic E-state index is 6.11. The summed E-state index contributed by atoms with van der Waals surface area (Å²) >= 11 is 1.59. The molecule has 102 valence electrons. The first-order valence-electron chi connectivity index (χ1n) is 6.38. The molecule has 0 aliphatic carbocycles. The predicted octanol–water partition coefficient (Wildman–Crippen LogP) is 2.30. The van der Waals surface area contributed by atoms with E-state index in [1.165, 1.54) is 0 Å². The minimum Gasteiger partial charge on any atom is -0.327 e. The molecular formula is C14H15N5S. The van der Waals surface area contributed by atoms with Crippen molar-refractivity contribution >= 4 is 17.4 Å². The van der Waals surface area contributed by atoms with Crippen LogP contribution >= 0.6 is 11.8 Å². The van der Waals surface area contributed by atoms with Crippen LogP contribution in [0.4, 0.5) is 0 Å². The van der Waals surface area contributed by atoms with Crippen LogP contribution in [0.3, 0.4) is 0 Å². The smallest absolute Gasteiger partial charge is 0.196 e. The fourth-order valence-electron chi connectivity index (χ4n) is 1.99. The SMILES string of the molecule is CC(N)C(Sc1nnc2ccccn12)c1ccccn1. The van der Waals surface area contributed by atoms with Crippen molar-refractivity contribution in [3.05, 3.63) is 54.5 Å². The number of nitrogens with two attached hydrogens (primary N) is 1. The minimum absolute atomic E-state index is 0.0361. The first kappa shape index (κ1) is 13.1. The van der Waals surface area contributed by atoms with Gasteiger partial charge in [-0.05, 0) is 31.2 Å². The Morgan fingerprint density at radius 2 is 2.00 bits per heavy atom. The number of aromatic nitrogens is 4. The van der Waals surface area contributed by atoms with Gasteiger partial charge in [-0.1, -0.05) is 23.9 Å². The molecule has 0 saturated heterocycles. The normalized spacial score (nSPS) is 14.3. The molecule has 0 fully saturated rings. The molecular weight excluding hydrogens is 270 g/mol. The van der Waals surface area contributed by atoms with Crippen LogP contribution in [-0.4, -0.2) is 25.6 Å². The van der Waals surface area contributed by atoms with Gasteiger partial charge in [0.2, 0.25) is 0 Å². The molecule has 3 aromatic heterocycles. The van der Waals surface area contributed by atoms with Crippen molar-refractivity contribution in [3.63, 3.8) is 0 Å². The number of nitrogens with zero attached hydrogens (tertiary/aromatic N) is 4. The van der Waals surface area contributed by atoms with Gasteiger partial charge in [-0.3, -0.25) is 9.38 Å². The lowest BCUT2D eigenvalue weighted by Crippen LogP contribution is -2.23. The summed E-state index contributed by atoms with van der Waals surface area (Å²) in [6.45, 7) is 1.98. The first-order valence-corrected chi connectivity index (χ1v) is 7.26. The van der Waals surface area contributed by atoms with E-state index in [0.717, 1.165) is 16.5 Å². The Morgan fingerprint density at radius 3 is 2.75 bits per heavy atom. The van der Waals surface area contributed by atoms with Crippen LogP contribution in [0.5, 0.6) is 0 Å². The van der Waals surface area contributed by atoms with Crippen molar-refractivity contribution in [2.75, 3.05) is 0 Å². The van der Waals surface area contributed by atoms with E-state index in [-0.39, 0.29) is 11.3 Å². The van der Waals surface area contributed by atoms with Gasteiger partial charge in [-0.2, -0.15) is 0 Å².